The van der Waals surface area contributed by atoms with Gasteiger partial charge in [0.05, 0.1) is 11.4 Å². The van der Waals surface area contributed by atoms with Crippen molar-refractivity contribution in [2.45, 2.75) is 9.79 Å². The van der Waals surface area contributed by atoms with Gasteiger partial charge >= 0.3 is 21.1 Å². The maximum absolute atomic E-state index is 5.63. The molecule has 4 aromatic carbocycles. The first-order chi connectivity index (χ1) is 17.7. The first kappa shape index (κ1) is 26.5. The van der Waals surface area contributed by atoms with Crippen LogP contribution in [0.3, 0.4) is 0 Å². The average Bonchev–Trinajstić information content (AvgIpc) is 2.93. The van der Waals surface area contributed by atoms with Crippen LogP contribution in [0, 0.1) is 0 Å². The van der Waals surface area contributed by atoms with Gasteiger partial charge in [-0.05, 0) is 11.1 Å². The summed E-state index contributed by atoms with van der Waals surface area (Å²) >= 11 is 11.3. The zero-order chi connectivity index (χ0) is 24.7. The van der Waals surface area contributed by atoms with E-state index in [1.807, 2.05) is 109 Å². The summed E-state index contributed by atoms with van der Waals surface area (Å²) in [6, 6.07) is 35.3. The van der Waals surface area contributed by atoms with Crippen molar-refractivity contribution in [1.29, 1.82) is 0 Å². The van der Waals surface area contributed by atoms with Crippen LogP contribution in [0.25, 0.3) is 0 Å². The third kappa shape index (κ3) is 6.23. The van der Waals surface area contributed by atoms with Gasteiger partial charge < -0.3 is 25.3 Å². The monoisotopic (exact) mass is 695 g/mol. The first-order valence-electron chi connectivity index (χ1n) is 11.3. The van der Waals surface area contributed by atoms with Crippen LogP contribution in [0.4, 0.5) is 11.6 Å². The Labute approximate surface area is 241 Å². The summed E-state index contributed by atoms with van der Waals surface area (Å²) < 4.78 is 0. The Morgan fingerprint density at radius 2 is 0.838 bits per heavy atom. The van der Waals surface area contributed by atoms with E-state index in [-0.39, 0.29) is 21.1 Å². The Morgan fingerprint density at radius 1 is 0.486 bits per heavy atom. The average molecular weight is 696 g/mol. The van der Waals surface area contributed by atoms with Crippen molar-refractivity contribution in [3.8, 4) is 0 Å². The number of rotatable bonds is 6. The molecule has 182 valence electrons. The molecule has 5 aromatic rings. The van der Waals surface area contributed by atoms with Gasteiger partial charge in [0.1, 0.15) is 0 Å². The quantitative estimate of drug-likeness (QED) is 0.148. The fraction of sp³-hybridized carbons (Fsp3) is 0. The van der Waals surface area contributed by atoms with Gasteiger partial charge in [0, 0.05) is 23.5 Å². The molecule has 7 heteroatoms. The first-order valence-corrected chi connectivity index (χ1v) is 12.1. The Balaban J connectivity index is 0.00000320. The van der Waals surface area contributed by atoms with Crippen LogP contribution in [0.5, 0.6) is 0 Å². The maximum atomic E-state index is 5.63. The van der Waals surface area contributed by atoms with Crippen molar-refractivity contribution in [2.75, 3.05) is 0 Å². The molecule has 0 spiro atoms. The topological polar surface area (TPSA) is 50.5 Å². The molecule has 0 bridgehead atoms. The minimum Gasteiger partial charge on any atom is -0.779 e. The molecule has 5 rings (SSSR count). The number of hydrogen-bond acceptors (Lipinski definition) is 6. The van der Waals surface area contributed by atoms with Crippen LogP contribution in [-0.2, 0) is 46.3 Å². The maximum Gasteiger partial charge on any atom is 2.00 e. The fourth-order valence-corrected chi connectivity index (χ4v) is 4.26. The number of benzene rings is 4. The van der Waals surface area contributed by atoms with E-state index in [9.17, 15) is 0 Å². The Morgan fingerprint density at radius 3 is 1.22 bits per heavy atom. The van der Waals surface area contributed by atoms with Crippen LogP contribution in [0.1, 0.15) is 22.3 Å². The summed E-state index contributed by atoms with van der Waals surface area (Å²) in [6.07, 6.45) is 3.23. The summed E-state index contributed by atoms with van der Waals surface area (Å²) in [5.74, 6) is 0.787. The minimum atomic E-state index is 0. The second-order valence-electron chi connectivity index (χ2n) is 7.85. The van der Waals surface area contributed by atoms with Crippen LogP contribution < -0.4 is 0 Å². The molecule has 1 heterocycles. The van der Waals surface area contributed by atoms with Gasteiger partial charge in [-0.25, -0.2) is 20.0 Å². The van der Waals surface area contributed by atoms with Crippen molar-refractivity contribution in [2.24, 2.45) is 9.98 Å². The van der Waals surface area contributed by atoms with E-state index in [0.717, 1.165) is 22.3 Å². The minimum absolute atomic E-state index is 0. The number of aliphatic imine (C=N–C) groups is 2. The molecule has 0 fully saturated rings. The molecule has 0 saturated heterocycles. The Bertz CT molecular complexity index is 1440. The van der Waals surface area contributed by atoms with E-state index < -0.39 is 0 Å². The molecule has 0 aliphatic carbocycles. The second kappa shape index (κ2) is 12.6. The van der Waals surface area contributed by atoms with Gasteiger partial charge in [0.25, 0.3) is 0 Å². The third-order valence-electron chi connectivity index (χ3n) is 5.47. The van der Waals surface area contributed by atoms with Crippen LogP contribution in [0.2, 0.25) is 0 Å². The Kier molecular flexibility index (Phi) is 9.02. The molecule has 0 atom stereocenters. The van der Waals surface area contributed by atoms with Crippen molar-refractivity contribution in [1.82, 2.24) is 9.97 Å². The molecular formula is C30H20N4PtS2. The van der Waals surface area contributed by atoms with Crippen molar-refractivity contribution < 1.29 is 21.1 Å². The molecule has 0 saturated carbocycles. The van der Waals surface area contributed by atoms with Gasteiger partial charge in [-0.3, -0.25) is 0 Å². The molecule has 0 aliphatic rings. The summed E-state index contributed by atoms with van der Waals surface area (Å²) in [7, 11) is 0. The second-order valence-corrected chi connectivity index (χ2v) is 8.73. The fourth-order valence-electron chi connectivity index (χ4n) is 3.77. The summed E-state index contributed by atoms with van der Waals surface area (Å²) in [4.78, 5) is 20.4. The summed E-state index contributed by atoms with van der Waals surface area (Å²) in [5, 5.41) is 0. The van der Waals surface area contributed by atoms with Crippen LogP contribution in [0.15, 0.2) is 141 Å². The van der Waals surface area contributed by atoms with E-state index in [1.54, 1.807) is 12.4 Å². The van der Waals surface area contributed by atoms with Gasteiger partial charge in [0.15, 0.2) is 11.6 Å². The number of hydrogen-bond donors (Lipinski definition) is 0. The van der Waals surface area contributed by atoms with Crippen molar-refractivity contribution in [3.05, 3.63) is 144 Å². The normalized spacial score (nSPS) is 11.6. The van der Waals surface area contributed by atoms with Crippen molar-refractivity contribution >= 4 is 48.3 Å². The molecule has 0 aliphatic heterocycles. The molecule has 0 unspecified atom stereocenters. The largest absolute Gasteiger partial charge is 2.00 e. The van der Waals surface area contributed by atoms with E-state index in [2.05, 4.69) is 9.97 Å². The van der Waals surface area contributed by atoms with Crippen molar-refractivity contribution in [3.63, 3.8) is 0 Å². The van der Waals surface area contributed by atoms with Gasteiger partial charge in [0.2, 0.25) is 0 Å². The predicted molar refractivity (Wildman–Crippen MR) is 150 cm³/mol. The van der Waals surface area contributed by atoms with E-state index in [0.29, 0.717) is 32.9 Å². The van der Waals surface area contributed by atoms with Gasteiger partial charge in [-0.15, -0.1) is 0 Å². The Hall–Kier alpha value is -3.57. The molecule has 0 amide bonds. The molecule has 0 radical (unpaired) electrons. The third-order valence-corrected chi connectivity index (χ3v) is 6.19. The number of nitrogens with zero attached hydrogens (tertiary/aromatic N) is 4. The van der Waals surface area contributed by atoms with E-state index in [1.165, 1.54) is 0 Å². The smallest absolute Gasteiger partial charge is 0.779 e. The predicted octanol–water partition coefficient (Wildman–Crippen LogP) is 6.62. The van der Waals surface area contributed by atoms with E-state index >= 15 is 0 Å². The van der Waals surface area contributed by atoms with Gasteiger partial charge in [-0.1, -0.05) is 109 Å². The SMILES string of the molecule is [Pt+2].[S-]c1ccccc1C(=Nc1nccnc1N=C(c1ccccc1)c1ccccc1[S-])c1ccccc1. The van der Waals surface area contributed by atoms with Crippen LogP contribution >= 0.6 is 0 Å². The summed E-state index contributed by atoms with van der Waals surface area (Å²) in [6.45, 7) is 0. The zero-order valence-corrected chi connectivity index (χ0v) is 23.4. The number of aromatic nitrogens is 2. The van der Waals surface area contributed by atoms with E-state index in [4.69, 9.17) is 35.2 Å². The molecular weight excluding hydrogens is 676 g/mol. The van der Waals surface area contributed by atoms with Crippen LogP contribution in [-0.4, -0.2) is 21.4 Å². The molecule has 0 N–H and O–H groups in total. The molecule has 1 aromatic heterocycles. The standard InChI is InChI=1S/C30H22N4S2.Pt/c35-25-17-9-7-15-23(25)27(21-11-3-1-4-12-21)33-29-30(32-20-19-31-29)34-28(22-13-5-2-6-14-22)24-16-8-10-18-26(24)36;/h1-20,35-36H;/q;+2/p-2. The summed E-state index contributed by atoms with van der Waals surface area (Å²) in [5.41, 5.74) is 4.97. The molecule has 37 heavy (non-hydrogen) atoms. The zero-order valence-electron chi connectivity index (χ0n) is 19.5. The molecule has 4 nitrogen and oxygen atoms in total. The van der Waals surface area contributed by atoms with Gasteiger partial charge in [-0.2, -0.15) is 9.79 Å².